The van der Waals surface area contributed by atoms with E-state index in [0.717, 1.165) is 0 Å². The minimum Gasteiger partial charge on any atom is -0.496 e. The number of halogens is 1. The SMILES string of the molecule is COc1ccccc1/C=C/C(=O)OC(C)C(=O)Nc1cccc(F)c1. The van der Waals surface area contributed by atoms with E-state index >= 15 is 0 Å². The van der Waals surface area contributed by atoms with Crippen LogP contribution >= 0.6 is 0 Å². The summed E-state index contributed by atoms with van der Waals surface area (Å²) >= 11 is 0. The van der Waals surface area contributed by atoms with E-state index in [4.69, 9.17) is 9.47 Å². The van der Waals surface area contributed by atoms with Crippen LogP contribution < -0.4 is 10.1 Å². The van der Waals surface area contributed by atoms with Crippen LogP contribution in [0.2, 0.25) is 0 Å². The fourth-order valence-corrected chi connectivity index (χ4v) is 2.04. The third-order valence-electron chi connectivity index (χ3n) is 3.29. The number of carbonyl (C=O) groups is 2. The fourth-order valence-electron chi connectivity index (χ4n) is 2.04. The van der Waals surface area contributed by atoms with Gasteiger partial charge in [-0.2, -0.15) is 0 Å². The predicted molar refractivity (Wildman–Crippen MR) is 92.6 cm³/mol. The van der Waals surface area contributed by atoms with Gasteiger partial charge in [0.2, 0.25) is 0 Å². The van der Waals surface area contributed by atoms with Crippen molar-refractivity contribution < 1.29 is 23.5 Å². The first kappa shape index (κ1) is 18.2. The second-order valence-corrected chi connectivity index (χ2v) is 5.15. The van der Waals surface area contributed by atoms with E-state index in [-0.39, 0.29) is 5.69 Å². The minimum absolute atomic E-state index is 0.289. The number of anilines is 1. The van der Waals surface area contributed by atoms with E-state index in [1.807, 2.05) is 12.1 Å². The lowest BCUT2D eigenvalue weighted by atomic mass is 10.2. The highest BCUT2D eigenvalue weighted by molar-refractivity contribution is 5.96. The van der Waals surface area contributed by atoms with E-state index in [2.05, 4.69) is 5.32 Å². The summed E-state index contributed by atoms with van der Waals surface area (Å²) in [4.78, 5) is 23.8. The highest BCUT2D eigenvalue weighted by atomic mass is 19.1. The molecule has 0 saturated heterocycles. The maximum atomic E-state index is 13.1. The molecule has 0 aliphatic carbocycles. The maximum Gasteiger partial charge on any atom is 0.331 e. The second-order valence-electron chi connectivity index (χ2n) is 5.15. The lowest BCUT2D eigenvalue weighted by Crippen LogP contribution is -2.29. The van der Waals surface area contributed by atoms with Crippen molar-refractivity contribution in [2.75, 3.05) is 12.4 Å². The molecule has 0 saturated carbocycles. The van der Waals surface area contributed by atoms with Gasteiger partial charge in [0.25, 0.3) is 5.91 Å². The lowest BCUT2D eigenvalue weighted by Gasteiger charge is -2.12. The zero-order valence-electron chi connectivity index (χ0n) is 13.9. The molecule has 6 heteroatoms. The predicted octanol–water partition coefficient (Wildman–Crippen LogP) is 3.42. The summed E-state index contributed by atoms with van der Waals surface area (Å²) in [6, 6.07) is 12.6. The van der Waals surface area contributed by atoms with E-state index in [1.54, 1.807) is 18.2 Å². The summed E-state index contributed by atoms with van der Waals surface area (Å²) < 4.78 is 23.3. The van der Waals surface area contributed by atoms with Gasteiger partial charge in [0, 0.05) is 17.3 Å². The number of methoxy groups -OCH3 is 1. The molecule has 1 unspecified atom stereocenters. The van der Waals surface area contributed by atoms with Crippen LogP contribution in [-0.4, -0.2) is 25.1 Å². The van der Waals surface area contributed by atoms with Crippen molar-refractivity contribution in [1.29, 1.82) is 0 Å². The molecule has 5 nitrogen and oxygen atoms in total. The monoisotopic (exact) mass is 343 g/mol. The summed E-state index contributed by atoms with van der Waals surface area (Å²) in [5.74, 6) is -1.08. The largest absolute Gasteiger partial charge is 0.496 e. The maximum absolute atomic E-state index is 13.1. The third-order valence-corrected chi connectivity index (χ3v) is 3.29. The highest BCUT2D eigenvalue weighted by Gasteiger charge is 2.16. The summed E-state index contributed by atoms with van der Waals surface area (Å²) in [5.41, 5.74) is 0.997. The van der Waals surface area contributed by atoms with Crippen molar-refractivity contribution >= 4 is 23.6 Å². The molecule has 0 radical (unpaired) electrons. The molecule has 2 aromatic rings. The number of nitrogens with one attached hydrogen (secondary N) is 1. The molecule has 0 heterocycles. The number of ether oxygens (including phenoxy) is 2. The fraction of sp³-hybridized carbons (Fsp3) is 0.158. The van der Waals surface area contributed by atoms with Crippen LogP contribution in [0.3, 0.4) is 0 Å². The molecule has 0 aromatic heterocycles. The number of hydrogen-bond acceptors (Lipinski definition) is 4. The van der Waals surface area contributed by atoms with Crippen LogP contribution in [0, 0.1) is 5.82 Å². The first-order valence-corrected chi connectivity index (χ1v) is 7.57. The Kier molecular flexibility index (Phi) is 6.28. The quantitative estimate of drug-likeness (QED) is 0.645. The Morgan fingerprint density at radius 3 is 2.64 bits per heavy atom. The standard InChI is InChI=1S/C19H18FNO4/c1-13(19(23)21-16-8-5-7-15(20)12-16)25-18(22)11-10-14-6-3-4-9-17(14)24-2/h3-13H,1-2H3,(H,21,23)/b11-10+. The Hall–Kier alpha value is -3.15. The van der Waals surface area contributed by atoms with Crippen LogP contribution in [0.15, 0.2) is 54.6 Å². The number of para-hydroxylation sites is 1. The number of rotatable bonds is 6. The van der Waals surface area contributed by atoms with Crippen LogP contribution in [0.5, 0.6) is 5.75 Å². The number of carbonyl (C=O) groups excluding carboxylic acids is 2. The normalized spacial score (nSPS) is 11.8. The summed E-state index contributed by atoms with van der Waals surface area (Å²) in [6.07, 6.45) is 1.72. The first-order valence-electron chi connectivity index (χ1n) is 7.57. The smallest absolute Gasteiger partial charge is 0.331 e. The van der Waals surface area contributed by atoms with Crippen molar-refractivity contribution in [3.63, 3.8) is 0 Å². The summed E-state index contributed by atoms with van der Waals surface area (Å²) in [7, 11) is 1.53. The van der Waals surface area contributed by atoms with E-state index in [9.17, 15) is 14.0 Å². The van der Waals surface area contributed by atoms with Gasteiger partial charge < -0.3 is 14.8 Å². The van der Waals surface area contributed by atoms with E-state index in [0.29, 0.717) is 11.3 Å². The number of hydrogen-bond donors (Lipinski definition) is 1. The Bertz CT molecular complexity index is 788. The highest BCUT2D eigenvalue weighted by Crippen LogP contribution is 2.18. The van der Waals surface area contributed by atoms with Gasteiger partial charge in [0.15, 0.2) is 6.10 Å². The van der Waals surface area contributed by atoms with Gasteiger partial charge in [-0.3, -0.25) is 4.79 Å². The molecule has 0 fully saturated rings. The van der Waals surface area contributed by atoms with Gasteiger partial charge in [0.1, 0.15) is 11.6 Å². The van der Waals surface area contributed by atoms with Gasteiger partial charge >= 0.3 is 5.97 Å². The summed E-state index contributed by atoms with van der Waals surface area (Å²) in [5, 5.41) is 2.48. The van der Waals surface area contributed by atoms with Crippen LogP contribution in [0.1, 0.15) is 12.5 Å². The second kappa shape index (κ2) is 8.63. The van der Waals surface area contributed by atoms with Crippen LogP contribution in [-0.2, 0) is 14.3 Å². The topological polar surface area (TPSA) is 64.6 Å². The molecular weight excluding hydrogens is 325 g/mol. The molecule has 0 aliphatic rings. The van der Waals surface area contributed by atoms with Crippen molar-refractivity contribution in [2.45, 2.75) is 13.0 Å². The van der Waals surface area contributed by atoms with Crippen molar-refractivity contribution in [3.05, 3.63) is 66.0 Å². The number of esters is 1. The first-order chi connectivity index (χ1) is 12.0. The van der Waals surface area contributed by atoms with Gasteiger partial charge in [-0.25, -0.2) is 9.18 Å². The average molecular weight is 343 g/mol. The molecule has 0 bridgehead atoms. The van der Waals surface area contributed by atoms with Crippen LogP contribution in [0.25, 0.3) is 6.08 Å². The molecule has 1 N–H and O–H groups in total. The Labute approximate surface area is 145 Å². The Morgan fingerprint density at radius 2 is 1.92 bits per heavy atom. The molecule has 1 atom stereocenters. The zero-order valence-corrected chi connectivity index (χ0v) is 13.9. The zero-order chi connectivity index (χ0) is 18.2. The molecule has 2 rings (SSSR count). The third kappa shape index (κ3) is 5.46. The lowest BCUT2D eigenvalue weighted by molar-refractivity contribution is -0.148. The van der Waals surface area contributed by atoms with Crippen molar-refractivity contribution in [2.24, 2.45) is 0 Å². The van der Waals surface area contributed by atoms with Crippen molar-refractivity contribution in [1.82, 2.24) is 0 Å². The average Bonchev–Trinajstić information content (AvgIpc) is 2.60. The van der Waals surface area contributed by atoms with E-state index in [1.165, 1.54) is 44.4 Å². The molecular formula is C19H18FNO4. The van der Waals surface area contributed by atoms with Gasteiger partial charge in [-0.15, -0.1) is 0 Å². The van der Waals surface area contributed by atoms with Gasteiger partial charge in [-0.1, -0.05) is 24.3 Å². The summed E-state index contributed by atoms with van der Waals surface area (Å²) in [6.45, 7) is 1.43. The Balaban J connectivity index is 1.93. The molecule has 0 aliphatic heterocycles. The Morgan fingerprint density at radius 1 is 1.16 bits per heavy atom. The van der Waals surface area contributed by atoms with Crippen LogP contribution in [0.4, 0.5) is 10.1 Å². The van der Waals surface area contributed by atoms with E-state index < -0.39 is 23.8 Å². The number of amides is 1. The molecule has 0 spiro atoms. The van der Waals surface area contributed by atoms with Gasteiger partial charge in [-0.05, 0) is 37.3 Å². The molecule has 25 heavy (non-hydrogen) atoms. The van der Waals surface area contributed by atoms with Crippen molar-refractivity contribution in [3.8, 4) is 5.75 Å². The molecule has 2 aromatic carbocycles. The molecule has 130 valence electrons. The number of benzene rings is 2. The van der Waals surface area contributed by atoms with Gasteiger partial charge in [0.05, 0.1) is 7.11 Å². The minimum atomic E-state index is -1.03. The molecule has 1 amide bonds.